The molecule has 0 aliphatic heterocycles. The van der Waals surface area contributed by atoms with Crippen molar-refractivity contribution in [2.75, 3.05) is 20.2 Å². The summed E-state index contributed by atoms with van der Waals surface area (Å²) in [6.07, 6.45) is -0.529. The number of fused-ring (bicyclic) bond motifs is 1. The lowest BCUT2D eigenvalue weighted by Crippen LogP contribution is -2.34. The van der Waals surface area contributed by atoms with Gasteiger partial charge in [0.2, 0.25) is 5.89 Å². The highest BCUT2D eigenvalue weighted by atomic mass is 16.5. The van der Waals surface area contributed by atoms with Crippen LogP contribution in [0.3, 0.4) is 0 Å². The first kappa shape index (κ1) is 15.9. The Morgan fingerprint density at radius 1 is 1.33 bits per heavy atom. The van der Waals surface area contributed by atoms with Crippen molar-refractivity contribution in [1.82, 2.24) is 9.88 Å². The second-order valence-electron chi connectivity index (χ2n) is 6.35. The summed E-state index contributed by atoms with van der Waals surface area (Å²) in [4.78, 5) is 6.40. The van der Waals surface area contributed by atoms with Crippen LogP contribution in [0.15, 0.2) is 28.7 Å². The van der Waals surface area contributed by atoms with Crippen LogP contribution in [0.5, 0.6) is 0 Å². The zero-order chi connectivity index (χ0) is 15.5. The van der Waals surface area contributed by atoms with Crippen molar-refractivity contribution in [2.24, 2.45) is 0 Å². The summed E-state index contributed by atoms with van der Waals surface area (Å²) in [5, 5.41) is 9.98. The van der Waals surface area contributed by atoms with Crippen molar-refractivity contribution in [3.05, 3.63) is 30.2 Å². The number of aromatic nitrogens is 1. The van der Waals surface area contributed by atoms with Crippen molar-refractivity contribution >= 4 is 11.1 Å². The van der Waals surface area contributed by atoms with E-state index in [0.717, 1.165) is 11.1 Å². The highest BCUT2D eigenvalue weighted by Crippen LogP contribution is 2.15. The third kappa shape index (κ3) is 5.12. The molecular formula is C16H24N2O3. The zero-order valence-electron chi connectivity index (χ0n) is 13.2. The number of aliphatic hydroxyl groups excluding tert-OH is 1. The van der Waals surface area contributed by atoms with E-state index in [2.05, 4.69) is 4.98 Å². The minimum absolute atomic E-state index is 0.236. The molecule has 1 N–H and O–H groups in total. The summed E-state index contributed by atoms with van der Waals surface area (Å²) in [6, 6.07) is 7.69. The third-order valence-electron chi connectivity index (χ3n) is 2.97. The van der Waals surface area contributed by atoms with Crippen LogP contribution >= 0.6 is 0 Å². The number of likely N-dealkylation sites (N-methyl/N-ethyl adjacent to an activating group) is 1. The first-order valence-corrected chi connectivity index (χ1v) is 7.18. The average Bonchev–Trinajstić information content (AvgIpc) is 2.77. The van der Waals surface area contributed by atoms with E-state index in [0.29, 0.717) is 25.6 Å². The van der Waals surface area contributed by atoms with E-state index in [1.807, 2.05) is 57.0 Å². The largest absolute Gasteiger partial charge is 0.439 e. The molecule has 21 heavy (non-hydrogen) atoms. The van der Waals surface area contributed by atoms with Crippen LogP contribution in [0.2, 0.25) is 0 Å². The lowest BCUT2D eigenvalue weighted by atomic mass is 10.2. The molecular weight excluding hydrogens is 268 g/mol. The summed E-state index contributed by atoms with van der Waals surface area (Å²) >= 11 is 0. The number of benzene rings is 1. The number of oxazole rings is 1. The smallest absolute Gasteiger partial charge is 0.209 e. The summed E-state index contributed by atoms with van der Waals surface area (Å²) in [6.45, 7) is 7.31. The first-order valence-electron chi connectivity index (χ1n) is 7.18. The summed E-state index contributed by atoms with van der Waals surface area (Å²) < 4.78 is 11.2. The van der Waals surface area contributed by atoms with Crippen LogP contribution in [0.4, 0.5) is 0 Å². The Kier molecular flexibility index (Phi) is 4.98. The fourth-order valence-corrected chi connectivity index (χ4v) is 2.04. The van der Waals surface area contributed by atoms with Gasteiger partial charge in [-0.3, -0.25) is 4.90 Å². The van der Waals surface area contributed by atoms with Crippen molar-refractivity contribution < 1.29 is 14.3 Å². The SMILES string of the molecule is CN(Cc1nc2ccccc2o1)CC(O)COC(C)(C)C. The Balaban J connectivity index is 1.85. The lowest BCUT2D eigenvalue weighted by Gasteiger charge is -2.24. The summed E-state index contributed by atoms with van der Waals surface area (Å²) in [5.41, 5.74) is 1.41. The molecule has 5 heteroatoms. The fraction of sp³-hybridized carbons (Fsp3) is 0.562. The van der Waals surface area contributed by atoms with Gasteiger partial charge < -0.3 is 14.3 Å². The molecule has 1 atom stereocenters. The molecule has 0 bridgehead atoms. The maximum Gasteiger partial charge on any atom is 0.209 e. The number of nitrogens with zero attached hydrogens (tertiary/aromatic N) is 2. The van der Waals surface area contributed by atoms with Crippen LogP contribution < -0.4 is 0 Å². The fourth-order valence-electron chi connectivity index (χ4n) is 2.04. The minimum Gasteiger partial charge on any atom is -0.439 e. The van der Waals surface area contributed by atoms with Crippen LogP contribution in [0.25, 0.3) is 11.1 Å². The van der Waals surface area contributed by atoms with Crippen molar-refractivity contribution in [3.63, 3.8) is 0 Å². The van der Waals surface area contributed by atoms with Crippen LogP contribution in [-0.4, -0.2) is 46.9 Å². The molecule has 0 fully saturated rings. The second kappa shape index (κ2) is 6.56. The monoisotopic (exact) mass is 292 g/mol. The van der Waals surface area contributed by atoms with Crippen molar-refractivity contribution in [2.45, 2.75) is 39.0 Å². The van der Waals surface area contributed by atoms with E-state index >= 15 is 0 Å². The van der Waals surface area contributed by atoms with Gasteiger partial charge in [0.05, 0.1) is 24.9 Å². The Labute approximate surface area is 125 Å². The van der Waals surface area contributed by atoms with Gasteiger partial charge in [-0.2, -0.15) is 0 Å². The molecule has 0 amide bonds. The molecule has 5 nitrogen and oxygen atoms in total. The topological polar surface area (TPSA) is 58.7 Å². The quantitative estimate of drug-likeness (QED) is 0.886. The molecule has 1 unspecified atom stereocenters. The van der Waals surface area contributed by atoms with E-state index in [9.17, 15) is 5.11 Å². The van der Waals surface area contributed by atoms with Gasteiger partial charge in [-0.25, -0.2) is 4.98 Å². The molecule has 2 rings (SSSR count). The number of para-hydroxylation sites is 2. The van der Waals surface area contributed by atoms with E-state index in [1.165, 1.54) is 0 Å². The third-order valence-corrected chi connectivity index (χ3v) is 2.97. The Morgan fingerprint density at radius 3 is 2.71 bits per heavy atom. The molecule has 0 saturated heterocycles. The van der Waals surface area contributed by atoms with Crippen LogP contribution in [-0.2, 0) is 11.3 Å². The molecule has 0 radical (unpaired) electrons. The van der Waals surface area contributed by atoms with Crippen molar-refractivity contribution in [3.8, 4) is 0 Å². The molecule has 1 aromatic heterocycles. The molecule has 116 valence electrons. The molecule has 1 aromatic carbocycles. The maximum absolute atomic E-state index is 9.98. The number of aliphatic hydroxyl groups is 1. The molecule has 0 saturated carbocycles. The number of hydrogen-bond donors (Lipinski definition) is 1. The Bertz CT molecular complexity index is 541. The van der Waals surface area contributed by atoms with E-state index < -0.39 is 6.10 Å². The normalized spacial score (nSPS) is 14.0. The molecule has 0 aliphatic carbocycles. The van der Waals surface area contributed by atoms with Gasteiger partial charge in [0.15, 0.2) is 5.58 Å². The average molecular weight is 292 g/mol. The molecule has 0 aliphatic rings. The predicted octanol–water partition coefficient (Wildman–Crippen LogP) is 2.44. The van der Waals surface area contributed by atoms with E-state index in [4.69, 9.17) is 9.15 Å². The van der Waals surface area contributed by atoms with Gasteiger partial charge in [-0.1, -0.05) is 12.1 Å². The Hall–Kier alpha value is -1.43. The van der Waals surface area contributed by atoms with E-state index in [1.54, 1.807) is 0 Å². The number of hydrogen-bond acceptors (Lipinski definition) is 5. The molecule has 0 spiro atoms. The molecule has 2 aromatic rings. The van der Waals surface area contributed by atoms with Gasteiger partial charge in [-0.05, 0) is 40.0 Å². The van der Waals surface area contributed by atoms with Gasteiger partial charge >= 0.3 is 0 Å². The van der Waals surface area contributed by atoms with E-state index in [-0.39, 0.29) is 5.60 Å². The highest BCUT2D eigenvalue weighted by molar-refractivity contribution is 5.72. The standard InChI is InChI=1S/C16H24N2O3/c1-16(2,3)20-11-12(19)9-18(4)10-15-17-13-7-5-6-8-14(13)21-15/h5-8,12,19H,9-11H2,1-4H3. The van der Waals surface area contributed by atoms with Gasteiger partial charge in [0, 0.05) is 6.54 Å². The van der Waals surface area contributed by atoms with Gasteiger partial charge in [0.1, 0.15) is 5.52 Å². The zero-order valence-corrected chi connectivity index (χ0v) is 13.2. The highest BCUT2D eigenvalue weighted by Gasteiger charge is 2.16. The molecule has 1 heterocycles. The lowest BCUT2D eigenvalue weighted by molar-refractivity contribution is -0.0553. The number of rotatable bonds is 6. The first-order chi connectivity index (χ1) is 9.83. The van der Waals surface area contributed by atoms with Crippen molar-refractivity contribution in [1.29, 1.82) is 0 Å². The summed E-state index contributed by atoms with van der Waals surface area (Å²) in [5.74, 6) is 0.655. The van der Waals surface area contributed by atoms with Crippen LogP contribution in [0, 0.1) is 0 Å². The number of ether oxygens (including phenoxy) is 1. The second-order valence-corrected chi connectivity index (χ2v) is 6.35. The Morgan fingerprint density at radius 2 is 2.05 bits per heavy atom. The maximum atomic E-state index is 9.98. The van der Waals surface area contributed by atoms with Gasteiger partial charge in [0.25, 0.3) is 0 Å². The van der Waals surface area contributed by atoms with Gasteiger partial charge in [-0.15, -0.1) is 0 Å². The summed E-state index contributed by atoms with van der Waals surface area (Å²) in [7, 11) is 1.93. The minimum atomic E-state index is -0.529. The van der Waals surface area contributed by atoms with Crippen LogP contribution in [0.1, 0.15) is 26.7 Å². The predicted molar refractivity (Wildman–Crippen MR) is 82.1 cm³/mol.